The molecular formula is C23H25N5O3. The van der Waals surface area contributed by atoms with Crippen LogP contribution in [-0.2, 0) is 24.4 Å². The summed E-state index contributed by atoms with van der Waals surface area (Å²) in [6, 6.07) is 17.2. The number of benzene rings is 2. The number of amides is 2. The van der Waals surface area contributed by atoms with E-state index in [1.54, 1.807) is 9.80 Å². The molecule has 0 atom stereocenters. The smallest absolute Gasteiger partial charge is 0.330 e. The van der Waals surface area contributed by atoms with Gasteiger partial charge >= 0.3 is 5.69 Å². The predicted molar refractivity (Wildman–Crippen MR) is 117 cm³/mol. The molecule has 2 aromatic carbocycles. The van der Waals surface area contributed by atoms with E-state index in [4.69, 9.17) is 0 Å². The lowest BCUT2D eigenvalue weighted by Crippen LogP contribution is -2.43. The van der Waals surface area contributed by atoms with Gasteiger partial charge in [0.25, 0.3) is 5.91 Å². The molecule has 1 aromatic heterocycles. The number of aromatic nitrogens is 3. The molecule has 0 unspecified atom stereocenters. The van der Waals surface area contributed by atoms with Crippen molar-refractivity contribution < 1.29 is 9.59 Å². The van der Waals surface area contributed by atoms with Crippen molar-refractivity contribution in [3.63, 3.8) is 0 Å². The Morgan fingerprint density at radius 3 is 2.45 bits per heavy atom. The van der Waals surface area contributed by atoms with E-state index in [2.05, 4.69) is 5.10 Å². The maximum atomic E-state index is 13.0. The number of carbonyl (C=O) groups is 2. The number of hydrogen-bond donors (Lipinski definition) is 0. The number of hydrogen-bond acceptors (Lipinski definition) is 4. The van der Waals surface area contributed by atoms with Crippen LogP contribution < -0.4 is 10.6 Å². The molecule has 0 saturated heterocycles. The molecule has 0 N–H and O–H groups in total. The van der Waals surface area contributed by atoms with E-state index >= 15 is 0 Å². The number of fused-ring (bicyclic) bond motifs is 1. The Hall–Kier alpha value is -3.68. The number of anilines is 1. The normalized spacial score (nSPS) is 13.2. The van der Waals surface area contributed by atoms with Crippen LogP contribution in [0.2, 0.25) is 0 Å². The lowest BCUT2D eigenvalue weighted by molar-refractivity contribution is -0.119. The maximum absolute atomic E-state index is 13.0. The van der Waals surface area contributed by atoms with Gasteiger partial charge in [-0.2, -0.15) is 0 Å². The van der Waals surface area contributed by atoms with Crippen LogP contribution in [0.4, 0.5) is 5.69 Å². The van der Waals surface area contributed by atoms with E-state index in [-0.39, 0.29) is 24.2 Å². The highest BCUT2D eigenvalue weighted by atomic mass is 16.2. The van der Waals surface area contributed by atoms with E-state index in [1.165, 1.54) is 4.57 Å². The van der Waals surface area contributed by atoms with Gasteiger partial charge in [0.2, 0.25) is 11.7 Å². The molecule has 2 amide bonds. The first-order chi connectivity index (χ1) is 15.0. The Kier molecular flexibility index (Phi) is 5.70. The lowest BCUT2D eigenvalue weighted by Gasteiger charge is -2.27. The molecule has 1 aliphatic heterocycles. The average Bonchev–Trinajstić information content (AvgIpc) is 3.09. The number of nitrogens with zero attached hydrogens (tertiary/aromatic N) is 5. The van der Waals surface area contributed by atoms with E-state index in [0.29, 0.717) is 26.2 Å². The highest BCUT2D eigenvalue weighted by Gasteiger charge is 2.30. The van der Waals surface area contributed by atoms with Crippen LogP contribution in [-0.4, -0.2) is 44.2 Å². The van der Waals surface area contributed by atoms with Crippen molar-refractivity contribution in [3.05, 3.63) is 82.0 Å². The monoisotopic (exact) mass is 419 g/mol. The fraction of sp³-hybridized carbons (Fsp3) is 0.304. The molecule has 0 bridgehead atoms. The molecule has 0 radical (unpaired) electrons. The van der Waals surface area contributed by atoms with Gasteiger partial charge in [0, 0.05) is 31.9 Å². The second-order valence-electron chi connectivity index (χ2n) is 7.54. The quantitative estimate of drug-likeness (QED) is 0.613. The van der Waals surface area contributed by atoms with Gasteiger partial charge in [-0.25, -0.2) is 9.48 Å². The molecule has 0 saturated carbocycles. The molecule has 0 spiro atoms. The maximum Gasteiger partial charge on any atom is 0.346 e. The van der Waals surface area contributed by atoms with E-state index in [0.717, 1.165) is 21.5 Å². The second kappa shape index (κ2) is 8.59. The Morgan fingerprint density at radius 1 is 1.03 bits per heavy atom. The van der Waals surface area contributed by atoms with Crippen LogP contribution >= 0.6 is 0 Å². The van der Waals surface area contributed by atoms with Gasteiger partial charge in [0.1, 0.15) is 6.54 Å². The Bertz CT molecular complexity index is 1170. The first kappa shape index (κ1) is 20.6. The third kappa shape index (κ3) is 4.01. The predicted octanol–water partition coefficient (Wildman–Crippen LogP) is 2.06. The second-order valence-corrected chi connectivity index (χ2v) is 7.54. The fourth-order valence-electron chi connectivity index (χ4n) is 3.84. The van der Waals surface area contributed by atoms with Crippen molar-refractivity contribution in [1.82, 2.24) is 19.2 Å². The highest BCUT2D eigenvalue weighted by Crippen LogP contribution is 2.16. The van der Waals surface area contributed by atoms with Crippen LogP contribution in [0.5, 0.6) is 0 Å². The topological polar surface area (TPSA) is 80.4 Å². The SMILES string of the molecule is CCN(C(=O)Cn1nc2n(c1=O)CCN(Cc1ccccc1C)C2=O)c1ccccc1. The molecule has 0 aliphatic carbocycles. The van der Waals surface area contributed by atoms with Gasteiger partial charge in [0.15, 0.2) is 0 Å². The summed E-state index contributed by atoms with van der Waals surface area (Å²) < 4.78 is 2.46. The molecule has 0 fully saturated rings. The summed E-state index contributed by atoms with van der Waals surface area (Å²) in [5.41, 5.74) is 2.49. The number of aryl methyl sites for hydroxylation is 1. The first-order valence-corrected chi connectivity index (χ1v) is 10.4. The zero-order valence-electron chi connectivity index (χ0n) is 17.7. The molecule has 8 nitrogen and oxygen atoms in total. The van der Waals surface area contributed by atoms with Gasteiger partial charge in [-0.15, -0.1) is 5.10 Å². The van der Waals surface area contributed by atoms with Crippen LogP contribution in [0.3, 0.4) is 0 Å². The van der Waals surface area contributed by atoms with Crippen molar-refractivity contribution in [2.24, 2.45) is 0 Å². The minimum atomic E-state index is -0.434. The van der Waals surface area contributed by atoms with Crippen LogP contribution in [0, 0.1) is 6.92 Å². The minimum absolute atomic E-state index is 0.0837. The molecule has 3 aromatic rings. The van der Waals surface area contributed by atoms with Crippen LogP contribution in [0.15, 0.2) is 59.4 Å². The van der Waals surface area contributed by atoms with Crippen molar-refractivity contribution in [2.45, 2.75) is 33.5 Å². The summed E-state index contributed by atoms with van der Waals surface area (Å²) in [5.74, 6) is -0.468. The van der Waals surface area contributed by atoms with Crippen molar-refractivity contribution in [3.8, 4) is 0 Å². The summed E-state index contributed by atoms with van der Waals surface area (Å²) >= 11 is 0. The molecule has 8 heteroatoms. The number of likely N-dealkylation sites (N-methyl/N-ethyl adjacent to an activating group) is 1. The van der Waals surface area contributed by atoms with Gasteiger partial charge < -0.3 is 9.80 Å². The summed E-state index contributed by atoms with van der Waals surface area (Å²) in [6.45, 7) is 5.37. The lowest BCUT2D eigenvalue weighted by atomic mass is 10.1. The summed E-state index contributed by atoms with van der Waals surface area (Å²) in [6.07, 6.45) is 0. The Morgan fingerprint density at radius 2 is 1.74 bits per heavy atom. The fourth-order valence-corrected chi connectivity index (χ4v) is 3.84. The summed E-state index contributed by atoms with van der Waals surface area (Å²) in [4.78, 5) is 41.9. The molecular weight excluding hydrogens is 394 g/mol. The molecule has 31 heavy (non-hydrogen) atoms. The Labute approximate surface area is 180 Å². The molecule has 4 rings (SSSR count). The van der Waals surface area contributed by atoms with Gasteiger partial charge in [-0.3, -0.25) is 14.2 Å². The van der Waals surface area contributed by atoms with Gasteiger partial charge in [0.05, 0.1) is 0 Å². The van der Waals surface area contributed by atoms with Crippen LogP contribution in [0.25, 0.3) is 0 Å². The third-order valence-corrected chi connectivity index (χ3v) is 5.59. The van der Waals surface area contributed by atoms with Crippen molar-refractivity contribution in [2.75, 3.05) is 18.0 Å². The van der Waals surface area contributed by atoms with Crippen molar-refractivity contribution in [1.29, 1.82) is 0 Å². The number of para-hydroxylation sites is 1. The van der Waals surface area contributed by atoms with E-state index in [1.807, 2.05) is 68.4 Å². The van der Waals surface area contributed by atoms with E-state index < -0.39 is 5.69 Å². The van der Waals surface area contributed by atoms with E-state index in [9.17, 15) is 14.4 Å². The standard InChI is InChI=1S/C23H25N5O3/c1-3-26(19-11-5-4-6-12-19)20(29)16-28-23(31)27-14-13-25(22(30)21(27)24-28)15-18-10-8-7-9-17(18)2/h4-12H,3,13-16H2,1-2H3. The van der Waals surface area contributed by atoms with Gasteiger partial charge in [-0.1, -0.05) is 42.5 Å². The zero-order chi connectivity index (χ0) is 22.0. The minimum Gasteiger partial charge on any atom is -0.330 e. The third-order valence-electron chi connectivity index (χ3n) is 5.59. The molecule has 160 valence electrons. The number of rotatable bonds is 6. The van der Waals surface area contributed by atoms with Crippen LogP contribution in [0.1, 0.15) is 28.7 Å². The molecule has 1 aliphatic rings. The average molecular weight is 419 g/mol. The number of carbonyl (C=O) groups excluding carboxylic acids is 2. The zero-order valence-corrected chi connectivity index (χ0v) is 17.7. The molecule has 2 heterocycles. The Balaban J connectivity index is 1.54. The summed E-state index contributed by atoms with van der Waals surface area (Å²) in [7, 11) is 0. The van der Waals surface area contributed by atoms with Gasteiger partial charge in [-0.05, 0) is 37.1 Å². The van der Waals surface area contributed by atoms with Crippen molar-refractivity contribution >= 4 is 17.5 Å². The first-order valence-electron chi connectivity index (χ1n) is 10.4. The highest BCUT2D eigenvalue weighted by molar-refractivity contribution is 5.93. The summed E-state index contributed by atoms with van der Waals surface area (Å²) in [5, 5.41) is 4.22. The largest absolute Gasteiger partial charge is 0.346 e.